The van der Waals surface area contributed by atoms with Gasteiger partial charge in [-0.2, -0.15) is 13.2 Å². The van der Waals surface area contributed by atoms with Gasteiger partial charge in [0.15, 0.2) is 0 Å². The molecule has 27 heavy (non-hydrogen) atoms. The van der Waals surface area contributed by atoms with Gasteiger partial charge in [-0.1, -0.05) is 24.3 Å². The second-order valence-corrected chi connectivity index (χ2v) is 5.81. The number of carbonyl (C=O) groups excluding carboxylic acids is 2. The number of carbonyl (C=O) groups is 2. The molecule has 140 valence electrons. The van der Waals surface area contributed by atoms with Gasteiger partial charge in [0.1, 0.15) is 6.54 Å². The van der Waals surface area contributed by atoms with Gasteiger partial charge in [0, 0.05) is 22.8 Å². The molecule has 0 saturated carbocycles. The Hall–Kier alpha value is -3.29. The Morgan fingerprint density at radius 1 is 1.11 bits per heavy atom. The van der Waals surface area contributed by atoms with Crippen LogP contribution < -0.4 is 5.32 Å². The summed E-state index contributed by atoms with van der Waals surface area (Å²) in [5.74, 6) is -1.06. The van der Waals surface area contributed by atoms with Gasteiger partial charge in [-0.05, 0) is 24.3 Å². The molecule has 0 fully saturated rings. The molecule has 0 aliphatic carbocycles. The fraction of sp³-hybridized carbons (Fsp3) is 0.158. The summed E-state index contributed by atoms with van der Waals surface area (Å²) in [4.78, 5) is 24.2. The Morgan fingerprint density at radius 2 is 1.85 bits per heavy atom. The van der Waals surface area contributed by atoms with Crippen LogP contribution in [-0.4, -0.2) is 23.6 Å². The first-order valence-corrected chi connectivity index (χ1v) is 7.93. The van der Waals surface area contributed by atoms with Crippen molar-refractivity contribution in [3.05, 3.63) is 65.9 Å². The molecule has 0 saturated heterocycles. The molecule has 5 nitrogen and oxygen atoms in total. The molecule has 0 aliphatic heterocycles. The number of halogens is 3. The van der Waals surface area contributed by atoms with Gasteiger partial charge in [-0.25, -0.2) is 4.79 Å². The predicted octanol–water partition coefficient (Wildman–Crippen LogP) is 4.09. The molecule has 0 radical (unpaired) electrons. The van der Waals surface area contributed by atoms with Crippen LogP contribution in [0.2, 0.25) is 0 Å². The quantitative estimate of drug-likeness (QED) is 0.698. The third kappa shape index (κ3) is 3.94. The van der Waals surface area contributed by atoms with E-state index in [1.54, 1.807) is 28.8 Å². The first-order valence-electron chi connectivity index (χ1n) is 7.93. The number of rotatable bonds is 4. The highest BCUT2D eigenvalue weighted by molar-refractivity contribution is 6.04. The standard InChI is InChI=1S/C19H15F3N2O3/c1-27-18(26)15-10-24(16-8-3-2-7-14(15)16)11-17(25)23-13-6-4-5-12(9-13)19(20,21)22/h2-10H,11H2,1H3,(H,23,25). The lowest BCUT2D eigenvalue weighted by Gasteiger charge is -2.10. The number of amides is 1. The van der Waals surface area contributed by atoms with E-state index in [0.29, 0.717) is 16.5 Å². The van der Waals surface area contributed by atoms with Crippen molar-refractivity contribution in [3.8, 4) is 0 Å². The second kappa shape index (κ2) is 7.14. The molecule has 1 amide bonds. The van der Waals surface area contributed by atoms with Crippen molar-refractivity contribution in [1.29, 1.82) is 0 Å². The monoisotopic (exact) mass is 376 g/mol. The highest BCUT2D eigenvalue weighted by Gasteiger charge is 2.30. The molecule has 3 rings (SSSR count). The van der Waals surface area contributed by atoms with E-state index in [0.717, 1.165) is 12.1 Å². The Balaban J connectivity index is 1.84. The maximum Gasteiger partial charge on any atom is 0.416 e. The number of esters is 1. The average Bonchev–Trinajstić information content (AvgIpc) is 2.99. The number of methoxy groups -OCH3 is 1. The topological polar surface area (TPSA) is 60.3 Å². The van der Waals surface area contributed by atoms with Gasteiger partial charge < -0.3 is 14.6 Å². The molecule has 0 bridgehead atoms. The van der Waals surface area contributed by atoms with Crippen LogP contribution in [0, 0.1) is 0 Å². The van der Waals surface area contributed by atoms with Crippen LogP contribution >= 0.6 is 0 Å². The number of para-hydroxylation sites is 1. The van der Waals surface area contributed by atoms with E-state index in [-0.39, 0.29) is 12.2 Å². The molecule has 0 atom stereocenters. The van der Waals surface area contributed by atoms with E-state index >= 15 is 0 Å². The number of benzene rings is 2. The smallest absolute Gasteiger partial charge is 0.416 e. The van der Waals surface area contributed by atoms with Crippen molar-refractivity contribution in [2.45, 2.75) is 12.7 Å². The maximum atomic E-state index is 12.8. The molecule has 0 unspecified atom stereocenters. The lowest BCUT2D eigenvalue weighted by molar-refractivity contribution is -0.137. The first kappa shape index (κ1) is 18.5. The van der Waals surface area contributed by atoms with Gasteiger partial charge in [-0.15, -0.1) is 0 Å². The van der Waals surface area contributed by atoms with Crippen molar-refractivity contribution in [1.82, 2.24) is 4.57 Å². The summed E-state index contributed by atoms with van der Waals surface area (Å²) in [5, 5.41) is 3.07. The number of hydrogen-bond donors (Lipinski definition) is 1. The number of ether oxygens (including phenoxy) is 1. The number of fused-ring (bicyclic) bond motifs is 1. The summed E-state index contributed by atoms with van der Waals surface area (Å²) in [7, 11) is 1.26. The molecule has 3 aromatic rings. The lowest BCUT2D eigenvalue weighted by Crippen LogP contribution is -2.18. The van der Waals surface area contributed by atoms with Gasteiger partial charge >= 0.3 is 12.1 Å². The summed E-state index contributed by atoms with van der Waals surface area (Å²) in [5.41, 5.74) is 0.135. The second-order valence-electron chi connectivity index (χ2n) is 5.81. The minimum absolute atomic E-state index is 0.0412. The molecule has 1 aromatic heterocycles. The highest BCUT2D eigenvalue weighted by Crippen LogP contribution is 2.30. The zero-order valence-corrected chi connectivity index (χ0v) is 14.2. The van der Waals surface area contributed by atoms with Crippen LogP contribution in [0.25, 0.3) is 10.9 Å². The number of nitrogens with zero attached hydrogens (tertiary/aromatic N) is 1. The Morgan fingerprint density at radius 3 is 2.56 bits per heavy atom. The van der Waals surface area contributed by atoms with Crippen LogP contribution in [0.15, 0.2) is 54.7 Å². The van der Waals surface area contributed by atoms with Gasteiger partial charge in [0.2, 0.25) is 5.91 Å². The third-order valence-electron chi connectivity index (χ3n) is 3.98. The summed E-state index contributed by atoms with van der Waals surface area (Å²) in [6.45, 7) is -0.173. The molecular formula is C19H15F3N2O3. The zero-order chi connectivity index (χ0) is 19.6. The van der Waals surface area contributed by atoms with Crippen molar-refractivity contribution in [3.63, 3.8) is 0 Å². The minimum atomic E-state index is -4.49. The van der Waals surface area contributed by atoms with Crippen molar-refractivity contribution >= 4 is 28.5 Å². The zero-order valence-electron chi connectivity index (χ0n) is 14.2. The summed E-state index contributed by atoms with van der Waals surface area (Å²) in [6, 6.07) is 11.4. The van der Waals surface area contributed by atoms with Crippen LogP contribution in [-0.2, 0) is 22.3 Å². The molecule has 1 heterocycles. The first-order chi connectivity index (χ1) is 12.8. The van der Waals surface area contributed by atoms with E-state index in [9.17, 15) is 22.8 Å². The Labute approximate surface area is 152 Å². The predicted molar refractivity (Wildman–Crippen MR) is 93.4 cm³/mol. The minimum Gasteiger partial charge on any atom is -0.465 e. The van der Waals surface area contributed by atoms with Crippen LogP contribution in [0.5, 0.6) is 0 Å². The van der Waals surface area contributed by atoms with Gasteiger partial charge in [0.25, 0.3) is 0 Å². The summed E-state index contributed by atoms with van der Waals surface area (Å²) < 4.78 is 44.6. The maximum absolute atomic E-state index is 12.8. The molecule has 2 aromatic carbocycles. The Bertz CT molecular complexity index is 1010. The van der Waals surface area contributed by atoms with Crippen LogP contribution in [0.3, 0.4) is 0 Å². The summed E-state index contributed by atoms with van der Waals surface area (Å²) in [6.07, 6.45) is -3.00. The van der Waals surface area contributed by atoms with Gasteiger partial charge in [0.05, 0.1) is 18.2 Å². The Kier molecular flexibility index (Phi) is 4.89. The normalized spacial score (nSPS) is 11.4. The largest absolute Gasteiger partial charge is 0.465 e. The number of hydrogen-bond acceptors (Lipinski definition) is 3. The fourth-order valence-electron chi connectivity index (χ4n) is 2.78. The number of nitrogens with one attached hydrogen (secondary N) is 1. The number of alkyl halides is 3. The van der Waals surface area contributed by atoms with E-state index in [4.69, 9.17) is 4.74 Å². The molecule has 1 N–H and O–H groups in total. The van der Waals surface area contributed by atoms with E-state index < -0.39 is 23.6 Å². The van der Waals surface area contributed by atoms with Crippen LogP contribution in [0.1, 0.15) is 15.9 Å². The lowest BCUT2D eigenvalue weighted by atomic mass is 10.2. The van der Waals surface area contributed by atoms with Crippen LogP contribution in [0.4, 0.5) is 18.9 Å². The number of anilines is 1. The molecule has 8 heteroatoms. The summed E-state index contributed by atoms with van der Waals surface area (Å²) >= 11 is 0. The fourth-order valence-corrected chi connectivity index (χ4v) is 2.78. The number of aromatic nitrogens is 1. The molecule has 0 spiro atoms. The van der Waals surface area contributed by atoms with Crippen molar-refractivity contribution in [2.24, 2.45) is 0 Å². The van der Waals surface area contributed by atoms with Crippen molar-refractivity contribution in [2.75, 3.05) is 12.4 Å². The SMILES string of the molecule is COC(=O)c1cn(CC(=O)Nc2cccc(C(F)(F)F)c2)c2ccccc12. The third-order valence-corrected chi connectivity index (χ3v) is 3.98. The van der Waals surface area contributed by atoms with E-state index in [1.807, 2.05) is 0 Å². The molecule has 0 aliphatic rings. The van der Waals surface area contributed by atoms with Crippen molar-refractivity contribution < 1.29 is 27.5 Å². The highest BCUT2D eigenvalue weighted by atomic mass is 19.4. The van der Waals surface area contributed by atoms with Gasteiger partial charge in [-0.3, -0.25) is 4.79 Å². The average molecular weight is 376 g/mol. The van der Waals surface area contributed by atoms with E-state index in [2.05, 4.69) is 5.32 Å². The molecular weight excluding hydrogens is 361 g/mol. The van der Waals surface area contributed by atoms with E-state index in [1.165, 1.54) is 25.4 Å².